The van der Waals surface area contributed by atoms with Gasteiger partial charge < -0.3 is 10.6 Å². The van der Waals surface area contributed by atoms with Crippen molar-refractivity contribution in [3.05, 3.63) is 102 Å². The van der Waals surface area contributed by atoms with Crippen molar-refractivity contribution in [1.29, 1.82) is 0 Å². The Morgan fingerprint density at radius 2 is 1.65 bits per heavy atom. The number of primary amides is 1. The molecule has 0 spiro atoms. The number of carbonyl (C=O) groups is 1. The minimum absolute atomic E-state index is 0.452. The summed E-state index contributed by atoms with van der Waals surface area (Å²) in [5, 5.41) is 0. The highest BCUT2D eigenvalue weighted by Gasteiger charge is 2.21. The van der Waals surface area contributed by atoms with Gasteiger partial charge in [-0.3, -0.25) is 9.20 Å². The standard InChI is InChI=1S/C26H26N4O/c27-26(31)25-23(28-24-8-4-5-15-30(24)25)18-19-9-11-22(12-10-19)29-16-13-21(14-17-29)20-6-2-1-3-7-20/h1-12,15,21H,13-14,16-18H2,(H2,27,31). The summed E-state index contributed by atoms with van der Waals surface area (Å²) in [6.07, 6.45) is 4.76. The normalized spacial score (nSPS) is 14.8. The molecule has 0 aliphatic carbocycles. The Kier molecular flexibility index (Phi) is 5.16. The molecule has 0 bridgehead atoms. The molecule has 0 unspecified atom stereocenters. The van der Waals surface area contributed by atoms with Gasteiger partial charge in [0.15, 0.2) is 0 Å². The van der Waals surface area contributed by atoms with Crippen LogP contribution in [-0.4, -0.2) is 28.4 Å². The molecule has 2 aromatic heterocycles. The van der Waals surface area contributed by atoms with Gasteiger partial charge in [-0.05, 0) is 54.2 Å². The van der Waals surface area contributed by atoms with Crippen molar-refractivity contribution in [2.45, 2.75) is 25.2 Å². The molecule has 31 heavy (non-hydrogen) atoms. The van der Waals surface area contributed by atoms with Gasteiger partial charge in [0.2, 0.25) is 0 Å². The predicted molar refractivity (Wildman–Crippen MR) is 124 cm³/mol. The van der Waals surface area contributed by atoms with Crippen LogP contribution in [0, 0.1) is 0 Å². The fourth-order valence-corrected chi connectivity index (χ4v) is 4.64. The van der Waals surface area contributed by atoms with E-state index in [0.717, 1.165) is 30.0 Å². The van der Waals surface area contributed by atoms with Crippen molar-refractivity contribution >= 4 is 17.2 Å². The van der Waals surface area contributed by atoms with E-state index >= 15 is 0 Å². The van der Waals surface area contributed by atoms with Crippen molar-refractivity contribution < 1.29 is 4.79 Å². The van der Waals surface area contributed by atoms with E-state index in [2.05, 4.69) is 64.5 Å². The fourth-order valence-electron chi connectivity index (χ4n) is 4.64. The number of aromatic nitrogens is 2. The molecule has 2 aromatic carbocycles. The molecular formula is C26H26N4O. The van der Waals surface area contributed by atoms with Gasteiger partial charge in [-0.25, -0.2) is 4.98 Å². The lowest BCUT2D eigenvalue weighted by molar-refractivity contribution is 0.0994. The van der Waals surface area contributed by atoms with Crippen LogP contribution in [-0.2, 0) is 6.42 Å². The van der Waals surface area contributed by atoms with Crippen LogP contribution in [0.4, 0.5) is 5.69 Å². The molecule has 0 saturated carbocycles. The van der Waals surface area contributed by atoms with Crippen LogP contribution in [0.2, 0.25) is 0 Å². The molecule has 2 N–H and O–H groups in total. The van der Waals surface area contributed by atoms with Gasteiger partial charge in [-0.2, -0.15) is 0 Å². The molecule has 0 radical (unpaired) electrons. The lowest BCUT2D eigenvalue weighted by atomic mass is 9.89. The van der Waals surface area contributed by atoms with Crippen molar-refractivity contribution in [3.63, 3.8) is 0 Å². The van der Waals surface area contributed by atoms with Crippen molar-refractivity contribution in [2.75, 3.05) is 18.0 Å². The zero-order chi connectivity index (χ0) is 21.2. The highest BCUT2D eigenvalue weighted by Crippen LogP contribution is 2.30. The minimum atomic E-state index is -0.452. The number of benzene rings is 2. The monoisotopic (exact) mass is 410 g/mol. The van der Waals surface area contributed by atoms with Gasteiger partial charge in [-0.1, -0.05) is 48.5 Å². The number of nitrogens with two attached hydrogens (primary N) is 1. The van der Waals surface area contributed by atoms with Crippen LogP contribution in [0.3, 0.4) is 0 Å². The van der Waals surface area contributed by atoms with E-state index in [4.69, 9.17) is 5.73 Å². The highest BCUT2D eigenvalue weighted by atomic mass is 16.1. The molecule has 5 rings (SSSR count). The number of rotatable bonds is 5. The second-order valence-corrected chi connectivity index (χ2v) is 8.22. The Bertz CT molecular complexity index is 1190. The molecule has 1 fully saturated rings. The van der Waals surface area contributed by atoms with E-state index < -0.39 is 5.91 Å². The minimum Gasteiger partial charge on any atom is -0.371 e. The number of amides is 1. The number of pyridine rings is 1. The molecule has 0 atom stereocenters. The number of imidazole rings is 1. The van der Waals surface area contributed by atoms with E-state index in [1.165, 1.54) is 24.1 Å². The van der Waals surface area contributed by atoms with Crippen LogP contribution in [0.1, 0.15) is 46.1 Å². The molecule has 4 aromatic rings. The summed E-state index contributed by atoms with van der Waals surface area (Å²) in [6, 6.07) is 25.1. The molecule has 5 heteroatoms. The van der Waals surface area contributed by atoms with Crippen molar-refractivity contribution in [2.24, 2.45) is 5.73 Å². The Morgan fingerprint density at radius 1 is 0.935 bits per heavy atom. The average Bonchev–Trinajstić information content (AvgIpc) is 3.18. The molecule has 3 heterocycles. The summed E-state index contributed by atoms with van der Waals surface area (Å²) in [7, 11) is 0. The predicted octanol–water partition coefficient (Wildman–Crippen LogP) is 4.41. The zero-order valence-corrected chi connectivity index (χ0v) is 17.4. The average molecular weight is 411 g/mol. The van der Waals surface area contributed by atoms with Crippen LogP contribution in [0.5, 0.6) is 0 Å². The lowest BCUT2D eigenvalue weighted by Crippen LogP contribution is -2.32. The molecule has 1 aliphatic rings. The van der Waals surface area contributed by atoms with Crippen molar-refractivity contribution in [1.82, 2.24) is 9.38 Å². The molecular weight excluding hydrogens is 384 g/mol. The number of nitrogens with zero attached hydrogens (tertiary/aromatic N) is 3. The zero-order valence-electron chi connectivity index (χ0n) is 17.4. The van der Waals surface area contributed by atoms with E-state index in [1.807, 2.05) is 24.4 Å². The second kappa shape index (κ2) is 8.26. The summed E-state index contributed by atoms with van der Waals surface area (Å²) in [6.45, 7) is 2.13. The maximum Gasteiger partial charge on any atom is 0.267 e. The van der Waals surface area contributed by atoms with Gasteiger partial charge in [0, 0.05) is 31.4 Å². The Balaban J connectivity index is 1.29. The Hall–Kier alpha value is -3.60. The summed E-state index contributed by atoms with van der Waals surface area (Å²) in [5.41, 5.74) is 11.4. The molecule has 1 aliphatic heterocycles. The van der Waals surface area contributed by atoms with Gasteiger partial charge in [-0.15, -0.1) is 0 Å². The van der Waals surface area contributed by atoms with Crippen LogP contribution in [0.15, 0.2) is 79.0 Å². The number of carbonyl (C=O) groups excluding carboxylic acids is 1. The summed E-state index contributed by atoms with van der Waals surface area (Å²) in [5.74, 6) is 0.200. The maximum absolute atomic E-state index is 12.0. The third-order valence-electron chi connectivity index (χ3n) is 6.27. The summed E-state index contributed by atoms with van der Waals surface area (Å²) < 4.78 is 1.77. The largest absolute Gasteiger partial charge is 0.371 e. The molecule has 1 saturated heterocycles. The first-order valence-electron chi connectivity index (χ1n) is 10.8. The summed E-state index contributed by atoms with van der Waals surface area (Å²) >= 11 is 0. The third kappa shape index (κ3) is 3.91. The molecule has 5 nitrogen and oxygen atoms in total. The van der Waals surface area contributed by atoms with E-state index in [9.17, 15) is 4.79 Å². The van der Waals surface area contributed by atoms with Crippen molar-refractivity contribution in [3.8, 4) is 0 Å². The second-order valence-electron chi connectivity index (χ2n) is 8.22. The van der Waals surface area contributed by atoms with E-state index in [1.54, 1.807) is 4.40 Å². The summed E-state index contributed by atoms with van der Waals surface area (Å²) in [4.78, 5) is 19.1. The van der Waals surface area contributed by atoms with Crippen LogP contribution in [0.25, 0.3) is 5.65 Å². The highest BCUT2D eigenvalue weighted by molar-refractivity contribution is 5.93. The van der Waals surface area contributed by atoms with Gasteiger partial charge in [0.05, 0.1) is 5.69 Å². The van der Waals surface area contributed by atoms with Crippen LogP contribution < -0.4 is 10.6 Å². The SMILES string of the molecule is NC(=O)c1c(Cc2ccc(N3CCC(c4ccccc4)CC3)cc2)nc2ccccn12. The van der Waals surface area contributed by atoms with Crippen LogP contribution >= 0.6 is 0 Å². The first-order valence-corrected chi connectivity index (χ1v) is 10.8. The van der Waals surface area contributed by atoms with Gasteiger partial charge >= 0.3 is 0 Å². The Labute approximate surface area is 182 Å². The molecule has 1 amide bonds. The van der Waals surface area contributed by atoms with Gasteiger partial charge in [0.1, 0.15) is 11.3 Å². The topological polar surface area (TPSA) is 63.6 Å². The number of hydrogen-bond donors (Lipinski definition) is 1. The van der Waals surface area contributed by atoms with Gasteiger partial charge in [0.25, 0.3) is 5.91 Å². The number of piperidine rings is 1. The third-order valence-corrected chi connectivity index (χ3v) is 6.27. The van der Waals surface area contributed by atoms with E-state index in [-0.39, 0.29) is 0 Å². The first kappa shape index (κ1) is 19.4. The number of fused-ring (bicyclic) bond motifs is 1. The quantitative estimate of drug-likeness (QED) is 0.530. The lowest BCUT2D eigenvalue weighted by Gasteiger charge is -2.34. The van der Waals surface area contributed by atoms with E-state index in [0.29, 0.717) is 18.0 Å². The Morgan fingerprint density at radius 3 is 2.35 bits per heavy atom. The number of anilines is 1. The fraction of sp³-hybridized carbons (Fsp3) is 0.231. The smallest absolute Gasteiger partial charge is 0.267 e. The number of hydrogen-bond acceptors (Lipinski definition) is 3. The molecule has 156 valence electrons. The maximum atomic E-state index is 12.0. The first-order chi connectivity index (χ1) is 15.2.